The second kappa shape index (κ2) is 11.8. The van der Waals surface area contributed by atoms with Crippen LogP contribution in [0, 0.1) is 11.8 Å². The van der Waals surface area contributed by atoms with Gasteiger partial charge in [0.25, 0.3) is 0 Å². The van der Waals surface area contributed by atoms with Gasteiger partial charge in [-0.05, 0) is 19.8 Å². The number of carbonyl (C=O) groups is 1. The van der Waals surface area contributed by atoms with Crippen LogP contribution in [-0.4, -0.2) is 76.1 Å². The van der Waals surface area contributed by atoms with E-state index >= 15 is 0 Å². The van der Waals surface area contributed by atoms with Crippen LogP contribution >= 0.6 is 0 Å². The molecule has 1 aliphatic heterocycles. The molecule has 136 valence electrons. The number of nitrogens with one attached hydrogen (secondary N) is 1. The summed E-state index contributed by atoms with van der Waals surface area (Å²) in [5.74, 6) is 0.959. The maximum absolute atomic E-state index is 11.9. The van der Waals surface area contributed by atoms with Crippen molar-refractivity contribution >= 4 is 5.91 Å². The Morgan fingerprint density at radius 2 is 1.65 bits per heavy atom. The Morgan fingerprint density at radius 1 is 1.04 bits per heavy atom. The van der Waals surface area contributed by atoms with Gasteiger partial charge in [0.1, 0.15) is 0 Å². The Kier molecular flexibility index (Phi) is 10.4. The van der Waals surface area contributed by atoms with Crippen LogP contribution in [0.4, 0.5) is 0 Å². The topological polar surface area (TPSA) is 60.0 Å². The molecule has 1 rings (SSSR count). The van der Waals surface area contributed by atoms with Crippen LogP contribution in [0.2, 0.25) is 0 Å². The molecule has 1 saturated heterocycles. The lowest BCUT2D eigenvalue weighted by Crippen LogP contribution is -2.54. The Balaban J connectivity index is 1.84. The van der Waals surface area contributed by atoms with E-state index in [9.17, 15) is 4.79 Å². The molecule has 6 heteroatoms. The van der Waals surface area contributed by atoms with E-state index in [1.807, 2.05) is 13.8 Å². The molecule has 6 nitrogen and oxygen atoms in total. The maximum Gasteiger partial charge on any atom is 0.225 e. The fourth-order valence-electron chi connectivity index (χ4n) is 2.46. The molecule has 0 saturated carbocycles. The molecule has 0 bridgehead atoms. The second-order valence-corrected chi connectivity index (χ2v) is 6.74. The summed E-state index contributed by atoms with van der Waals surface area (Å²) in [6, 6.07) is 0. The predicted octanol–water partition coefficient (Wildman–Crippen LogP) is 1.15. The zero-order chi connectivity index (χ0) is 17.1. The van der Waals surface area contributed by atoms with Gasteiger partial charge in [-0.1, -0.05) is 13.8 Å². The van der Waals surface area contributed by atoms with Gasteiger partial charge in [0.15, 0.2) is 0 Å². The minimum Gasteiger partial charge on any atom is -0.377 e. The number of amides is 1. The van der Waals surface area contributed by atoms with Crippen molar-refractivity contribution < 1.29 is 19.0 Å². The average Bonchev–Trinajstić information content (AvgIpc) is 2.43. The Hall–Kier alpha value is -0.690. The molecule has 0 radical (unpaired) electrons. The number of hydrogen-bond donors (Lipinski definition) is 1. The molecule has 1 amide bonds. The van der Waals surface area contributed by atoms with Crippen molar-refractivity contribution in [1.29, 1.82) is 0 Å². The van der Waals surface area contributed by atoms with Gasteiger partial charge < -0.3 is 24.4 Å². The van der Waals surface area contributed by atoms with Crippen molar-refractivity contribution in [2.45, 2.75) is 33.8 Å². The van der Waals surface area contributed by atoms with Crippen molar-refractivity contribution in [3.05, 3.63) is 0 Å². The third-order valence-electron chi connectivity index (χ3n) is 3.55. The van der Waals surface area contributed by atoms with E-state index in [2.05, 4.69) is 24.1 Å². The monoisotopic (exact) mass is 330 g/mol. The molecule has 1 fully saturated rings. The van der Waals surface area contributed by atoms with E-state index < -0.39 is 0 Å². The van der Waals surface area contributed by atoms with Crippen LogP contribution in [-0.2, 0) is 19.0 Å². The number of carbonyl (C=O) groups excluding carboxylic acids is 1. The quantitative estimate of drug-likeness (QED) is 0.513. The highest BCUT2D eigenvalue weighted by Gasteiger charge is 2.32. The smallest absolute Gasteiger partial charge is 0.225 e. The second-order valence-electron chi connectivity index (χ2n) is 6.74. The molecule has 1 N–H and O–H groups in total. The molecular formula is C17H34N2O4. The third-order valence-corrected chi connectivity index (χ3v) is 3.55. The summed E-state index contributed by atoms with van der Waals surface area (Å²) in [4.78, 5) is 14.2. The van der Waals surface area contributed by atoms with Gasteiger partial charge in [-0.15, -0.1) is 0 Å². The summed E-state index contributed by atoms with van der Waals surface area (Å²) in [5, 5.41) is 2.93. The number of rotatable bonds is 13. The van der Waals surface area contributed by atoms with E-state index in [-0.39, 0.29) is 17.9 Å². The van der Waals surface area contributed by atoms with Gasteiger partial charge in [-0.25, -0.2) is 0 Å². The molecule has 0 aromatic carbocycles. The first kappa shape index (κ1) is 20.4. The lowest BCUT2D eigenvalue weighted by molar-refractivity contribution is -0.130. The van der Waals surface area contributed by atoms with Gasteiger partial charge in [-0.2, -0.15) is 0 Å². The van der Waals surface area contributed by atoms with Gasteiger partial charge in [0.2, 0.25) is 5.91 Å². The van der Waals surface area contributed by atoms with Crippen LogP contribution in [0.5, 0.6) is 0 Å². The van der Waals surface area contributed by atoms with Crippen LogP contribution in [0.3, 0.4) is 0 Å². The van der Waals surface area contributed by atoms with Crippen molar-refractivity contribution in [3.63, 3.8) is 0 Å². The van der Waals surface area contributed by atoms with Crippen LogP contribution in [0.15, 0.2) is 0 Å². The summed E-state index contributed by atoms with van der Waals surface area (Å²) in [7, 11) is 0. The van der Waals surface area contributed by atoms with E-state index in [1.165, 1.54) is 0 Å². The normalized spacial score (nSPS) is 16.1. The molecule has 23 heavy (non-hydrogen) atoms. The highest BCUT2D eigenvalue weighted by Crippen LogP contribution is 2.16. The van der Waals surface area contributed by atoms with Crippen molar-refractivity contribution in [2.75, 3.05) is 59.2 Å². The minimum atomic E-state index is 0.149. The largest absolute Gasteiger partial charge is 0.377 e. The van der Waals surface area contributed by atoms with Crippen molar-refractivity contribution in [1.82, 2.24) is 10.2 Å². The van der Waals surface area contributed by atoms with Crippen LogP contribution in [0.1, 0.15) is 27.7 Å². The van der Waals surface area contributed by atoms with Crippen LogP contribution < -0.4 is 5.32 Å². The predicted molar refractivity (Wildman–Crippen MR) is 90.5 cm³/mol. The molecule has 0 aliphatic carbocycles. The lowest BCUT2D eigenvalue weighted by Gasteiger charge is -2.39. The lowest BCUT2D eigenvalue weighted by atomic mass is 9.98. The van der Waals surface area contributed by atoms with Crippen molar-refractivity contribution in [3.8, 4) is 0 Å². The van der Waals surface area contributed by atoms with Crippen LogP contribution in [0.25, 0.3) is 0 Å². The first-order valence-electron chi connectivity index (χ1n) is 8.76. The highest BCUT2D eigenvalue weighted by molar-refractivity contribution is 5.79. The molecule has 0 unspecified atom stereocenters. The van der Waals surface area contributed by atoms with Gasteiger partial charge in [0.05, 0.1) is 45.1 Å². The zero-order valence-corrected chi connectivity index (χ0v) is 15.2. The van der Waals surface area contributed by atoms with E-state index in [1.54, 1.807) is 0 Å². The van der Waals surface area contributed by atoms with Gasteiger partial charge in [-0.3, -0.25) is 4.79 Å². The number of likely N-dealkylation sites (tertiary alicyclic amines) is 1. The van der Waals surface area contributed by atoms with Gasteiger partial charge >= 0.3 is 0 Å². The molecule has 0 aromatic heterocycles. The SMILES string of the molecule is CC(C)CN1CC(C(=O)NCCOCCOCCOC(C)C)C1. The number of ether oxygens (including phenoxy) is 3. The summed E-state index contributed by atoms with van der Waals surface area (Å²) in [5.41, 5.74) is 0. The Morgan fingerprint density at radius 3 is 2.26 bits per heavy atom. The van der Waals surface area contributed by atoms with Gasteiger partial charge in [0, 0.05) is 26.2 Å². The van der Waals surface area contributed by atoms with E-state index in [4.69, 9.17) is 14.2 Å². The molecule has 1 aliphatic rings. The molecule has 1 heterocycles. The molecule has 0 atom stereocenters. The first-order valence-corrected chi connectivity index (χ1v) is 8.76. The molecule has 0 spiro atoms. The number of nitrogens with zero attached hydrogens (tertiary/aromatic N) is 1. The fraction of sp³-hybridized carbons (Fsp3) is 0.941. The number of hydrogen-bond acceptors (Lipinski definition) is 5. The highest BCUT2D eigenvalue weighted by atomic mass is 16.5. The summed E-state index contributed by atoms with van der Waals surface area (Å²) in [6.07, 6.45) is 0.242. The zero-order valence-electron chi connectivity index (χ0n) is 15.2. The summed E-state index contributed by atoms with van der Waals surface area (Å²) < 4.78 is 16.2. The summed E-state index contributed by atoms with van der Waals surface area (Å²) >= 11 is 0. The average molecular weight is 330 g/mol. The fourth-order valence-corrected chi connectivity index (χ4v) is 2.46. The first-order chi connectivity index (χ1) is 11.0. The van der Waals surface area contributed by atoms with E-state index in [0.29, 0.717) is 45.5 Å². The molecular weight excluding hydrogens is 296 g/mol. The minimum absolute atomic E-state index is 0.149. The maximum atomic E-state index is 11.9. The Bertz CT molecular complexity index is 318. The van der Waals surface area contributed by atoms with E-state index in [0.717, 1.165) is 19.6 Å². The molecule has 0 aromatic rings. The standard InChI is InChI=1S/C17H34N2O4/c1-14(2)11-19-12-16(13-19)17(20)18-5-6-21-7-8-22-9-10-23-15(3)4/h14-16H,5-13H2,1-4H3,(H,18,20). The third kappa shape index (κ3) is 9.91. The summed E-state index contributed by atoms with van der Waals surface area (Å²) in [6.45, 7) is 14.7. The van der Waals surface area contributed by atoms with Crippen molar-refractivity contribution in [2.24, 2.45) is 11.8 Å². The Labute approximate surface area is 140 Å².